The predicted octanol–water partition coefficient (Wildman–Crippen LogP) is 3.75. The van der Waals surface area contributed by atoms with Crippen LogP contribution in [0.3, 0.4) is 0 Å². The van der Waals surface area contributed by atoms with Gasteiger partial charge >= 0.3 is 0 Å². The highest BCUT2D eigenvalue weighted by molar-refractivity contribution is 5.17. The molecule has 0 saturated heterocycles. The van der Waals surface area contributed by atoms with Crippen molar-refractivity contribution < 1.29 is 0 Å². The SMILES string of the molecule is [C]1=C/C=C\C=C\C=C\C=C/CCC/1. The van der Waals surface area contributed by atoms with Crippen molar-refractivity contribution in [3.63, 3.8) is 0 Å². The Labute approximate surface area is 80.7 Å². The molecule has 0 heteroatoms. The van der Waals surface area contributed by atoms with Crippen LogP contribution < -0.4 is 0 Å². The first-order chi connectivity index (χ1) is 6.50. The van der Waals surface area contributed by atoms with Crippen LogP contribution in [0.5, 0.6) is 0 Å². The molecule has 0 N–H and O–H groups in total. The molecule has 1 aliphatic rings. The monoisotopic (exact) mass is 171 g/mol. The van der Waals surface area contributed by atoms with Crippen LogP contribution in [0.15, 0.2) is 54.7 Å². The second kappa shape index (κ2) is 7.35. The second-order valence-electron chi connectivity index (χ2n) is 2.85. The van der Waals surface area contributed by atoms with Crippen molar-refractivity contribution in [1.82, 2.24) is 0 Å². The molecule has 0 heterocycles. The third-order valence-corrected chi connectivity index (χ3v) is 1.71. The van der Waals surface area contributed by atoms with Gasteiger partial charge in [0.15, 0.2) is 0 Å². The third-order valence-electron chi connectivity index (χ3n) is 1.71. The highest BCUT2D eigenvalue weighted by atomic mass is 13.8. The Balaban J connectivity index is 2.51. The fourth-order valence-corrected chi connectivity index (χ4v) is 1.02. The van der Waals surface area contributed by atoms with Gasteiger partial charge in [-0.3, -0.25) is 0 Å². The molecule has 0 spiro atoms. The van der Waals surface area contributed by atoms with Gasteiger partial charge in [0.25, 0.3) is 0 Å². The first-order valence-corrected chi connectivity index (χ1v) is 4.72. The van der Waals surface area contributed by atoms with Gasteiger partial charge in [0.05, 0.1) is 0 Å². The van der Waals surface area contributed by atoms with Gasteiger partial charge in [0, 0.05) is 0 Å². The Hall–Kier alpha value is -1.30. The summed E-state index contributed by atoms with van der Waals surface area (Å²) in [6.45, 7) is 0. The van der Waals surface area contributed by atoms with Gasteiger partial charge in [-0.2, -0.15) is 0 Å². The van der Waals surface area contributed by atoms with Crippen LogP contribution in [0.2, 0.25) is 0 Å². The minimum absolute atomic E-state index is 1.04. The van der Waals surface area contributed by atoms with Crippen LogP contribution in [0, 0.1) is 6.08 Å². The van der Waals surface area contributed by atoms with E-state index in [1.54, 1.807) is 0 Å². The third kappa shape index (κ3) is 5.92. The van der Waals surface area contributed by atoms with Gasteiger partial charge in [-0.25, -0.2) is 0 Å². The Kier molecular flexibility index (Phi) is 5.54. The largest absolute Gasteiger partial charge is 0.0845 e. The molecule has 0 nitrogen and oxygen atoms in total. The van der Waals surface area contributed by atoms with Crippen molar-refractivity contribution in [3.8, 4) is 0 Å². The van der Waals surface area contributed by atoms with Crippen molar-refractivity contribution in [2.45, 2.75) is 19.3 Å². The van der Waals surface area contributed by atoms with Gasteiger partial charge in [-0.1, -0.05) is 54.7 Å². The highest BCUT2D eigenvalue weighted by Gasteiger charge is 1.79. The first-order valence-electron chi connectivity index (χ1n) is 4.72. The van der Waals surface area contributed by atoms with Gasteiger partial charge in [-0.15, -0.1) is 0 Å². The van der Waals surface area contributed by atoms with E-state index in [0.29, 0.717) is 0 Å². The molecule has 0 aromatic rings. The second-order valence-corrected chi connectivity index (χ2v) is 2.85. The standard InChI is InChI=1S/C13H15/c1-2-4-6-8-10-12-13-11-9-7-5-3-1/h1-9H,10,12-13H2/b3-1+,4-2+,7-5-,8-6-,11-9?. The zero-order chi connectivity index (χ0) is 9.19. The van der Waals surface area contributed by atoms with E-state index in [2.05, 4.69) is 24.3 Å². The van der Waals surface area contributed by atoms with Gasteiger partial charge < -0.3 is 0 Å². The fourth-order valence-electron chi connectivity index (χ4n) is 1.02. The van der Waals surface area contributed by atoms with E-state index in [9.17, 15) is 0 Å². The van der Waals surface area contributed by atoms with Crippen molar-refractivity contribution >= 4 is 0 Å². The minimum atomic E-state index is 1.04. The lowest BCUT2D eigenvalue weighted by molar-refractivity contribution is 0.855. The summed E-state index contributed by atoms with van der Waals surface area (Å²) in [6.07, 6.45) is 25.0. The summed E-state index contributed by atoms with van der Waals surface area (Å²) >= 11 is 0. The molecule has 67 valence electrons. The predicted molar refractivity (Wildman–Crippen MR) is 58.2 cm³/mol. The molecule has 0 aromatic carbocycles. The molecule has 0 bridgehead atoms. The molecule has 1 radical (unpaired) electrons. The lowest BCUT2D eigenvalue weighted by atomic mass is 10.2. The average molecular weight is 171 g/mol. The fraction of sp³-hybridized carbons (Fsp3) is 0.231. The maximum absolute atomic E-state index is 3.22. The van der Waals surface area contributed by atoms with Crippen LogP contribution >= 0.6 is 0 Å². The molecule has 1 rings (SSSR count). The molecule has 0 atom stereocenters. The normalized spacial score (nSPS) is 30.2. The van der Waals surface area contributed by atoms with Crippen LogP contribution in [0.1, 0.15) is 19.3 Å². The quantitative estimate of drug-likeness (QED) is 0.520. The summed E-state index contributed by atoms with van der Waals surface area (Å²) in [5, 5.41) is 0. The summed E-state index contributed by atoms with van der Waals surface area (Å²) in [7, 11) is 0. The first kappa shape index (κ1) is 9.79. The zero-order valence-electron chi connectivity index (χ0n) is 7.82. The molecule has 1 aliphatic carbocycles. The maximum atomic E-state index is 3.22. The molecule has 0 amide bonds. The van der Waals surface area contributed by atoms with Gasteiger partial charge in [0.1, 0.15) is 0 Å². The molecule has 0 aliphatic heterocycles. The van der Waals surface area contributed by atoms with Crippen molar-refractivity contribution in [1.29, 1.82) is 0 Å². The smallest absolute Gasteiger partial charge is 0.0273 e. The van der Waals surface area contributed by atoms with Gasteiger partial charge in [0.2, 0.25) is 0 Å². The Bertz CT molecular complexity index is 223. The number of rotatable bonds is 0. The summed E-state index contributed by atoms with van der Waals surface area (Å²) in [5.41, 5.74) is 0. The van der Waals surface area contributed by atoms with E-state index in [1.807, 2.05) is 36.5 Å². The Morgan fingerprint density at radius 1 is 0.769 bits per heavy atom. The van der Waals surface area contributed by atoms with Crippen LogP contribution in [-0.4, -0.2) is 0 Å². The number of allylic oxidation sites excluding steroid dienone is 10. The van der Waals surface area contributed by atoms with Gasteiger partial charge in [-0.05, 0) is 25.3 Å². The van der Waals surface area contributed by atoms with Crippen LogP contribution in [0.4, 0.5) is 0 Å². The topological polar surface area (TPSA) is 0 Å². The summed E-state index contributed by atoms with van der Waals surface area (Å²) < 4.78 is 0. The average Bonchev–Trinajstić information content (AvgIpc) is 2.18. The number of hydrogen-bond donors (Lipinski definition) is 0. The summed E-state index contributed by atoms with van der Waals surface area (Å²) in [4.78, 5) is 0. The summed E-state index contributed by atoms with van der Waals surface area (Å²) in [5.74, 6) is 0. The van der Waals surface area contributed by atoms with E-state index in [-0.39, 0.29) is 0 Å². The van der Waals surface area contributed by atoms with E-state index >= 15 is 0 Å². The van der Waals surface area contributed by atoms with Crippen molar-refractivity contribution in [3.05, 3.63) is 60.8 Å². The van der Waals surface area contributed by atoms with Crippen molar-refractivity contribution in [2.75, 3.05) is 0 Å². The highest BCUT2D eigenvalue weighted by Crippen LogP contribution is 1.98. The molecule has 0 saturated carbocycles. The molecule has 13 heavy (non-hydrogen) atoms. The van der Waals surface area contributed by atoms with E-state index < -0.39 is 0 Å². The lowest BCUT2D eigenvalue weighted by Crippen LogP contribution is -1.68. The minimum Gasteiger partial charge on any atom is -0.0845 e. The van der Waals surface area contributed by atoms with E-state index in [4.69, 9.17) is 0 Å². The molecular weight excluding hydrogens is 156 g/mol. The zero-order valence-corrected chi connectivity index (χ0v) is 7.82. The molecule has 0 fully saturated rings. The van der Waals surface area contributed by atoms with Crippen molar-refractivity contribution in [2.24, 2.45) is 0 Å². The lowest BCUT2D eigenvalue weighted by Gasteiger charge is -1.87. The maximum Gasteiger partial charge on any atom is -0.0273 e. The Morgan fingerprint density at radius 2 is 1.46 bits per heavy atom. The van der Waals surface area contributed by atoms with Crippen LogP contribution in [-0.2, 0) is 0 Å². The number of hydrogen-bond acceptors (Lipinski definition) is 0. The molecule has 0 aromatic heterocycles. The van der Waals surface area contributed by atoms with E-state index in [1.165, 1.54) is 6.42 Å². The van der Waals surface area contributed by atoms with Crippen LogP contribution in [0.25, 0.3) is 0 Å². The molecule has 0 unspecified atom stereocenters. The summed E-state index contributed by atoms with van der Waals surface area (Å²) in [6, 6.07) is 0. The van der Waals surface area contributed by atoms with E-state index in [0.717, 1.165) is 12.8 Å². The molecular formula is C13H15. The Morgan fingerprint density at radius 3 is 2.31 bits per heavy atom.